The van der Waals surface area contributed by atoms with Crippen LogP contribution in [-0.4, -0.2) is 80.9 Å². The third-order valence-electron chi connectivity index (χ3n) is 6.64. The van der Waals surface area contributed by atoms with Crippen LogP contribution in [0.25, 0.3) is 0 Å². The molecule has 0 radical (unpaired) electrons. The molecule has 8 N–H and O–H groups in total. The van der Waals surface area contributed by atoms with E-state index in [9.17, 15) is 24.3 Å². The van der Waals surface area contributed by atoms with E-state index in [0.717, 1.165) is 12.0 Å². The van der Waals surface area contributed by atoms with E-state index < -0.39 is 47.9 Å². The van der Waals surface area contributed by atoms with Gasteiger partial charge in [-0.2, -0.15) is 0 Å². The standard InChI is InChI=1S/C26H37N7O5/c27-11-5-4-9-19(28)23(34)31-20(14-18-15-29-16-30-18)25(36)33-12-6-10-22(33)24(35)32-21(26(37)38)13-17-7-2-1-3-8-17/h1-3,7-8,15-16,19-22H,4-6,9-14,27-28H2,(H,29,30)(H,31,34)(H,32,35)(H,37,38). The van der Waals surface area contributed by atoms with Crippen LogP contribution in [0.5, 0.6) is 0 Å². The number of unbranched alkanes of at least 4 members (excludes halogenated alkanes) is 1. The Morgan fingerprint density at radius 3 is 2.53 bits per heavy atom. The predicted octanol–water partition coefficient (Wildman–Crippen LogP) is -0.304. The molecule has 206 valence electrons. The molecule has 0 saturated carbocycles. The number of carboxylic acid groups (broad SMARTS) is 1. The van der Waals surface area contributed by atoms with Crippen molar-refractivity contribution in [2.45, 2.75) is 69.1 Å². The second kappa shape index (κ2) is 14.2. The zero-order valence-electron chi connectivity index (χ0n) is 21.3. The van der Waals surface area contributed by atoms with Gasteiger partial charge in [-0.15, -0.1) is 0 Å². The van der Waals surface area contributed by atoms with Gasteiger partial charge in [-0.25, -0.2) is 9.78 Å². The summed E-state index contributed by atoms with van der Waals surface area (Å²) in [5, 5.41) is 15.0. The highest BCUT2D eigenvalue weighted by atomic mass is 16.4. The Morgan fingerprint density at radius 2 is 1.87 bits per heavy atom. The number of nitrogens with two attached hydrogens (primary N) is 2. The maximum absolute atomic E-state index is 13.6. The molecule has 12 heteroatoms. The number of aliphatic carboxylic acids is 1. The molecule has 3 amide bonds. The minimum absolute atomic E-state index is 0.114. The van der Waals surface area contributed by atoms with Crippen LogP contribution in [0.3, 0.4) is 0 Å². The van der Waals surface area contributed by atoms with Gasteiger partial charge >= 0.3 is 5.97 Å². The zero-order chi connectivity index (χ0) is 27.5. The van der Waals surface area contributed by atoms with Gasteiger partial charge in [-0.05, 0) is 37.8 Å². The number of amides is 3. The zero-order valence-corrected chi connectivity index (χ0v) is 21.3. The average molecular weight is 528 g/mol. The number of carbonyl (C=O) groups is 4. The maximum atomic E-state index is 13.6. The molecule has 1 fully saturated rings. The number of nitrogens with zero attached hydrogens (tertiary/aromatic N) is 2. The Kier molecular flexibility index (Phi) is 10.8. The van der Waals surface area contributed by atoms with Crippen LogP contribution in [0.4, 0.5) is 0 Å². The third-order valence-corrected chi connectivity index (χ3v) is 6.64. The van der Waals surface area contributed by atoms with Crippen molar-refractivity contribution in [2.75, 3.05) is 13.1 Å². The largest absolute Gasteiger partial charge is 0.480 e. The number of likely N-dealkylation sites (tertiary alicyclic amines) is 1. The lowest BCUT2D eigenvalue weighted by molar-refractivity contribution is -0.144. The molecule has 0 bridgehead atoms. The van der Waals surface area contributed by atoms with Gasteiger partial charge < -0.3 is 37.1 Å². The van der Waals surface area contributed by atoms with E-state index >= 15 is 0 Å². The van der Waals surface area contributed by atoms with Crippen LogP contribution in [0.2, 0.25) is 0 Å². The summed E-state index contributed by atoms with van der Waals surface area (Å²) in [4.78, 5) is 59.8. The summed E-state index contributed by atoms with van der Waals surface area (Å²) in [6, 6.07) is 5.23. The van der Waals surface area contributed by atoms with E-state index in [1.54, 1.807) is 30.5 Å². The van der Waals surface area contributed by atoms with Crippen LogP contribution in [0, 0.1) is 0 Å². The molecule has 2 aromatic rings. The molecule has 2 heterocycles. The first-order valence-electron chi connectivity index (χ1n) is 12.9. The minimum Gasteiger partial charge on any atom is -0.480 e. The van der Waals surface area contributed by atoms with E-state index in [-0.39, 0.29) is 12.8 Å². The normalized spacial score (nSPS) is 17.4. The van der Waals surface area contributed by atoms with Crippen LogP contribution < -0.4 is 22.1 Å². The summed E-state index contributed by atoms with van der Waals surface area (Å²) in [6.45, 7) is 0.813. The van der Waals surface area contributed by atoms with E-state index in [0.29, 0.717) is 44.5 Å². The van der Waals surface area contributed by atoms with E-state index in [2.05, 4.69) is 20.6 Å². The van der Waals surface area contributed by atoms with Gasteiger partial charge in [0.15, 0.2) is 0 Å². The van der Waals surface area contributed by atoms with E-state index in [4.69, 9.17) is 11.5 Å². The molecule has 1 aromatic carbocycles. The summed E-state index contributed by atoms with van der Waals surface area (Å²) >= 11 is 0. The number of hydrogen-bond acceptors (Lipinski definition) is 7. The lowest BCUT2D eigenvalue weighted by Gasteiger charge is -2.30. The second-order valence-corrected chi connectivity index (χ2v) is 9.51. The lowest BCUT2D eigenvalue weighted by Crippen LogP contribution is -2.57. The van der Waals surface area contributed by atoms with Gasteiger partial charge in [-0.1, -0.05) is 36.8 Å². The molecule has 4 unspecified atom stereocenters. The van der Waals surface area contributed by atoms with Crippen LogP contribution in [0.1, 0.15) is 43.4 Å². The highest BCUT2D eigenvalue weighted by molar-refractivity contribution is 5.94. The SMILES string of the molecule is NCCCCC(N)C(=O)NC(Cc1cnc[nH]1)C(=O)N1CCCC1C(=O)NC(Cc1ccccc1)C(=O)O. The van der Waals surface area contributed by atoms with E-state index in [1.807, 2.05) is 6.07 Å². The van der Waals surface area contributed by atoms with Gasteiger partial charge in [0.25, 0.3) is 0 Å². The summed E-state index contributed by atoms with van der Waals surface area (Å²) in [6.07, 6.45) is 6.10. The van der Waals surface area contributed by atoms with Crippen molar-refractivity contribution < 1.29 is 24.3 Å². The molecular formula is C26H37N7O5. The van der Waals surface area contributed by atoms with Crippen molar-refractivity contribution in [3.05, 3.63) is 54.1 Å². The van der Waals surface area contributed by atoms with Gasteiger partial charge in [0, 0.05) is 31.3 Å². The van der Waals surface area contributed by atoms with Crippen LogP contribution in [0.15, 0.2) is 42.9 Å². The number of benzene rings is 1. The van der Waals surface area contributed by atoms with Gasteiger partial charge in [-0.3, -0.25) is 14.4 Å². The number of aromatic amines is 1. The Balaban J connectivity index is 1.70. The summed E-state index contributed by atoms with van der Waals surface area (Å²) in [5.74, 6) is -2.60. The summed E-state index contributed by atoms with van der Waals surface area (Å²) < 4.78 is 0. The summed E-state index contributed by atoms with van der Waals surface area (Å²) in [7, 11) is 0. The molecule has 1 saturated heterocycles. The number of nitrogens with one attached hydrogen (secondary N) is 3. The fourth-order valence-electron chi connectivity index (χ4n) is 4.56. The molecule has 0 spiro atoms. The van der Waals surface area contributed by atoms with Crippen LogP contribution >= 0.6 is 0 Å². The highest BCUT2D eigenvalue weighted by Crippen LogP contribution is 2.20. The molecule has 12 nitrogen and oxygen atoms in total. The number of carboxylic acids is 1. The van der Waals surface area contributed by atoms with Crippen molar-refractivity contribution in [3.8, 4) is 0 Å². The molecule has 4 atom stereocenters. The van der Waals surface area contributed by atoms with Crippen molar-refractivity contribution in [3.63, 3.8) is 0 Å². The summed E-state index contributed by atoms with van der Waals surface area (Å²) in [5.41, 5.74) is 13.0. The first-order chi connectivity index (χ1) is 18.3. The van der Waals surface area contributed by atoms with E-state index in [1.165, 1.54) is 11.2 Å². The Bertz CT molecular complexity index is 1060. The van der Waals surface area contributed by atoms with Gasteiger partial charge in [0.2, 0.25) is 17.7 Å². The second-order valence-electron chi connectivity index (χ2n) is 9.51. The van der Waals surface area contributed by atoms with Crippen molar-refractivity contribution in [2.24, 2.45) is 11.5 Å². The Labute approximate surface area is 221 Å². The van der Waals surface area contributed by atoms with Crippen molar-refractivity contribution >= 4 is 23.7 Å². The van der Waals surface area contributed by atoms with Crippen LogP contribution in [-0.2, 0) is 32.0 Å². The predicted molar refractivity (Wildman–Crippen MR) is 140 cm³/mol. The Morgan fingerprint density at radius 1 is 1.11 bits per heavy atom. The third kappa shape index (κ3) is 8.12. The smallest absolute Gasteiger partial charge is 0.326 e. The highest BCUT2D eigenvalue weighted by Gasteiger charge is 2.39. The number of hydrogen-bond donors (Lipinski definition) is 6. The number of H-pyrrole nitrogens is 1. The topological polar surface area (TPSA) is 197 Å². The van der Waals surface area contributed by atoms with Crippen molar-refractivity contribution in [1.82, 2.24) is 25.5 Å². The first kappa shape index (κ1) is 28.8. The molecular weight excluding hydrogens is 490 g/mol. The molecule has 1 aromatic heterocycles. The number of aromatic nitrogens is 2. The fraction of sp³-hybridized carbons (Fsp3) is 0.500. The monoisotopic (exact) mass is 527 g/mol. The lowest BCUT2D eigenvalue weighted by atomic mass is 10.0. The quantitative estimate of drug-likeness (QED) is 0.180. The molecule has 1 aliphatic heterocycles. The number of rotatable bonds is 14. The molecule has 3 rings (SSSR count). The first-order valence-corrected chi connectivity index (χ1v) is 12.9. The van der Waals surface area contributed by atoms with Crippen molar-refractivity contribution in [1.29, 1.82) is 0 Å². The molecule has 1 aliphatic rings. The fourth-order valence-corrected chi connectivity index (χ4v) is 4.56. The molecule has 38 heavy (non-hydrogen) atoms. The number of imidazole rings is 1. The van der Waals surface area contributed by atoms with Gasteiger partial charge in [0.05, 0.1) is 12.4 Å². The Hall–Kier alpha value is -3.77. The minimum atomic E-state index is -1.16. The number of carbonyl (C=O) groups excluding carboxylic acids is 3. The average Bonchev–Trinajstić information content (AvgIpc) is 3.60. The maximum Gasteiger partial charge on any atom is 0.326 e. The molecule has 0 aliphatic carbocycles. The van der Waals surface area contributed by atoms with Gasteiger partial charge in [0.1, 0.15) is 18.1 Å².